The van der Waals surface area contributed by atoms with Crippen LogP contribution in [0.5, 0.6) is 0 Å². The molecule has 17 heavy (non-hydrogen) atoms. The SMILES string of the molecule is N/C(CC(=O)Nc1cc(Cl)c(F)c(Cl)c1)=N/O. The lowest BCUT2D eigenvalue weighted by molar-refractivity contribution is -0.115. The number of oxime groups is 1. The molecule has 0 aliphatic heterocycles. The van der Waals surface area contributed by atoms with Crippen LogP contribution < -0.4 is 11.1 Å². The van der Waals surface area contributed by atoms with Crippen LogP contribution in [-0.2, 0) is 4.79 Å². The summed E-state index contributed by atoms with van der Waals surface area (Å²) in [5.74, 6) is -1.55. The average Bonchev–Trinajstić information content (AvgIpc) is 2.25. The topological polar surface area (TPSA) is 87.7 Å². The largest absolute Gasteiger partial charge is 0.409 e. The van der Waals surface area contributed by atoms with Gasteiger partial charge in [-0.1, -0.05) is 28.4 Å². The van der Waals surface area contributed by atoms with E-state index >= 15 is 0 Å². The Labute approximate surface area is 106 Å². The van der Waals surface area contributed by atoms with Crippen molar-refractivity contribution in [3.63, 3.8) is 0 Å². The van der Waals surface area contributed by atoms with Gasteiger partial charge in [-0.25, -0.2) is 4.39 Å². The number of amides is 1. The Bertz CT molecular complexity index is 456. The van der Waals surface area contributed by atoms with Crippen LogP contribution in [0.2, 0.25) is 10.0 Å². The van der Waals surface area contributed by atoms with Crippen molar-refractivity contribution in [2.24, 2.45) is 10.9 Å². The molecular formula is C9H8Cl2FN3O2. The quantitative estimate of drug-likeness (QED) is 0.261. The Morgan fingerprint density at radius 2 is 2.00 bits per heavy atom. The van der Waals surface area contributed by atoms with Gasteiger partial charge in [-0.3, -0.25) is 4.79 Å². The summed E-state index contributed by atoms with van der Waals surface area (Å²) in [6, 6.07) is 2.40. The molecule has 0 aliphatic rings. The summed E-state index contributed by atoms with van der Waals surface area (Å²) in [5.41, 5.74) is 5.36. The van der Waals surface area contributed by atoms with E-state index in [0.29, 0.717) is 0 Å². The summed E-state index contributed by atoms with van der Waals surface area (Å²) >= 11 is 11.1. The Balaban J connectivity index is 2.79. The second-order valence-electron chi connectivity index (χ2n) is 3.07. The van der Waals surface area contributed by atoms with Crippen LogP contribution in [0, 0.1) is 5.82 Å². The van der Waals surface area contributed by atoms with Gasteiger partial charge in [0, 0.05) is 5.69 Å². The number of carbonyl (C=O) groups excluding carboxylic acids is 1. The zero-order valence-electron chi connectivity index (χ0n) is 8.38. The van der Waals surface area contributed by atoms with E-state index < -0.39 is 11.7 Å². The molecule has 1 aromatic carbocycles. The first-order chi connectivity index (χ1) is 7.93. The zero-order chi connectivity index (χ0) is 13.0. The predicted octanol–water partition coefficient (Wildman–Crippen LogP) is 2.21. The van der Waals surface area contributed by atoms with E-state index in [2.05, 4.69) is 10.5 Å². The highest BCUT2D eigenvalue weighted by Crippen LogP contribution is 2.27. The predicted molar refractivity (Wildman–Crippen MR) is 63.1 cm³/mol. The summed E-state index contributed by atoms with van der Waals surface area (Å²) in [6.07, 6.45) is -0.302. The van der Waals surface area contributed by atoms with Crippen LogP contribution in [0.25, 0.3) is 0 Å². The fourth-order valence-electron chi connectivity index (χ4n) is 1.03. The lowest BCUT2D eigenvalue weighted by atomic mass is 10.3. The second kappa shape index (κ2) is 5.70. The number of hydrogen-bond donors (Lipinski definition) is 3. The first-order valence-electron chi connectivity index (χ1n) is 4.35. The fraction of sp³-hybridized carbons (Fsp3) is 0.111. The molecular weight excluding hydrogens is 272 g/mol. The second-order valence-corrected chi connectivity index (χ2v) is 3.88. The molecule has 1 amide bonds. The first kappa shape index (κ1) is 13.5. The normalized spacial score (nSPS) is 11.4. The van der Waals surface area contributed by atoms with Crippen molar-refractivity contribution < 1.29 is 14.4 Å². The summed E-state index contributed by atoms with van der Waals surface area (Å²) < 4.78 is 13.1. The highest BCUT2D eigenvalue weighted by Gasteiger charge is 2.10. The number of anilines is 1. The van der Waals surface area contributed by atoms with Gasteiger partial charge in [-0.05, 0) is 12.1 Å². The van der Waals surface area contributed by atoms with Crippen molar-refractivity contribution in [2.45, 2.75) is 6.42 Å². The molecule has 0 aromatic heterocycles. The lowest BCUT2D eigenvalue weighted by Gasteiger charge is -2.06. The highest BCUT2D eigenvalue weighted by atomic mass is 35.5. The van der Waals surface area contributed by atoms with Gasteiger partial charge >= 0.3 is 0 Å². The van der Waals surface area contributed by atoms with Gasteiger partial charge in [0.15, 0.2) is 5.82 Å². The number of nitrogens with zero attached hydrogens (tertiary/aromatic N) is 1. The van der Waals surface area contributed by atoms with E-state index in [1.807, 2.05) is 0 Å². The van der Waals surface area contributed by atoms with Gasteiger partial charge in [0.25, 0.3) is 0 Å². The molecule has 0 unspecified atom stereocenters. The molecule has 92 valence electrons. The van der Waals surface area contributed by atoms with E-state index in [1.165, 1.54) is 12.1 Å². The average molecular weight is 280 g/mol. The number of rotatable bonds is 3. The van der Waals surface area contributed by atoms with Gasteiger partial charge in [0.1, 0.15) is 5.84 Å². The van der Waals surface area contributed by atoms with E-state index in [4.69, 9.17) is 34.1 Å². The van der Waals surface area contributed by atoms with Gasteiger partial charge in [0.05, 0.1) is 16.5 Å². The fourth-order valence-corrected chi connectivity index (χ4v) is 1.52. The molecule has 0 spiro atoms. The van der Waals surface area contributed by atoms with Crippen molar-refractivity contribution in [1.29, 1.82) is 0 Å². The minimum atomic E-state index is -0.761. The molecule has 0 saturated heterocycles. The third-order valence-corrected chi connectivity index (χ3v) is 2.29. The zero-order valence-corrected chi connectivity index (χ0v) is 9.89. The van der Waals surface area contributed by atoms with Gasteiger partial charge in [-0.15, -0.1) is 0 Å². The van der Waals surface area contributed by atoms with E-state index in [-0.39, 0.29) is 28.0 Å². The highest BCUT2D eigenvalue weighted by molar-refractivity contribution is 6.35. The summed E-state index contributed by atoms with van der Waals surface area (Å²) in [4.78, 5) is 11.3. The van der Waals surface area contributed by atoms with Crippen molar-refractivity contribution in [1.82, 2.24) is 0 Å². The molecule has 1 rings (SSSR count). The number of nitrogens with one attached hydrogen (secondary N) is 1. The molecule has 0 aliphatic carbocycles. The minimum absolute atomic E-state index is 0.211. The van der Waals surface area contributed by atoms with Crippen LogP contribution in [0.3, 0.4) is 0 Å². The van der Waals surface area contributed by atoms with E-state index in [1.54, 1.807) is 0 Å². The molecule has 0 heterocycles. The number of carbonyl (C=O) groups is 1. The Morgan fingerprint density at radius 1 is 1.47 bits per heavy atom. The standard InChI is InChI=1S/C9H8Cl2FN3O2/c10-5-1-4(2-6(11)9(5)12)14-8(16)3-7(13)15-17/h1-2,17H,3H2,(H2,13,15)(H,14,16). The number of hydrogen-bond acceptors (Lipinski definition) is 3. The Kier molecular flexibility index (Phi) is 4.53. The van der Waals surface area contributed by atoms with Crippen molar-refractivity contribution in [2.75, 3.05) is 5.32 Å². The molecule has 5 nitrogen and oxygen atoms in total. The summed E-state index contributed by atoms with van der Waals surface area (Å²) in [7, 11) is 0. The van der Waals surface area contributed by atoms with Crippen molar-refractivity contribution >= 4 is 40.6 Å². The van der Waals surface area contributed by atoms with Crippen molar-refractivity contribution in [3.8, 4) is 0 Å². The van der Waals surface area contributed by atoms with Crippen LogP contribution in [0.15, 0.2) is 17.3 Å². The summed E-state index contributed by atoms with van der Waals surface area (Å²) in [5, 5.41) is 12.9. The van der Waals surface area contributed by atoms with Crippen LogP contribution in [-0.4, -0.2) is 17.0 Å². The lowest BCUT2D eigenvalue weighted by Crippen LogP contribution is -2.22. The van der Waals surface area contributed by atoms with Gasteiger partial charge < -0.3 is 16.3 Å². The molecule has 0 bridgehead atoms. The Morgan fingerprint density at radius 3 is 2.47 bits per heavy atom. The molecule has 1 aromatic rings. The first-order valence-corrected chi connectivity index (χ1v) is 5.10. The molecule has 0 saturated carbocycles. The third kappa shape index (κ3) is 3.76. The van der Waals surface area contributed by atoms with Crippen LogP contribution in [0.1, 0.15) is 6.42 Å². The monoisotopic (exact) mass is 279 g/mol. The van der Waals surface area contributed by atoms with Crippen LogP contribution in [0.4, 0.5) is 10.1 Å². The Hall–Kier alpha value is -1.53. The molecule has 0 radical (unpaired) electrons. The number of benzene rings is 1. The van der Waals surface area contributed by atoms with Gasteiger partial charge in [-0.2, -0.15) is 0 Å². The number of amidine groups is 1. The number of halogens is 3. The molecule has 8 heteroatoms. The molecule has 0 fully saturated rings. The van der Waals surface area contributed by atoms with Gasteiger partial charge in [0.2, 0.25) is 5.91 Å². The molecule has 0 atom stereocenters. The minimum Gasteiger partial charge on any atom is -0.409 e. The van der Waals surface area contributed by atoms with Crippen LogP contribution >= 0.6 is 23.2 Å². The smallest absolute Gasteiger partial charge is 0.232 e. The maximum absolute atomic E-state index is 13.1. The van der Waals surface area contributed by atoms with Crippen molar-refractivity contribution in [3.05, 3.63) is 28.0 Å². The van der Waals surface area contributed by atoms with E-state index in [9.17, 15) is 9.18 Å². The maximum Gasteiger partial charge on any atom is 0.232 e. The summed E-state index contributed by atoms with van der Waals surface area (Å²) in [6.45, 7) is 0. The maximum atomic E-state index is 13.1. The number of nitrogens with two attached hydrogens (primary N) is 1. The molecule has 4 N–H and O–H groups in total. The van der Waals surface area contributed by atoms with E-state index in [0.717, 1.165) is 0 Å². The third-order valence-electron chi connectivity index (χ3n) is 1.74.